The van der Waals surface area contributed by atoms with Crippen molar-refractivity contribution in [3.05, 3.63) is 71.3 Å². The van der Waals surface area contributed by atoms with Crippen molar-refractivity contribution >= 4 is 6.21 Å². The normalized spacial score (nSPS) is 23.0. The Morgan fingerprint density at radius 2 is 1.76 bits per heavy atom. The molecule has 2 aromatic rings. The molecule has 0 saturated carbocycles. The number of benzene rings is 2. The van der Waals surface area contributed by atoms with Crippen LogP contribution < -0.4 is 0 Å². The third-order valence-electron chi connectivity index (χ3n) is 5.26. The minimum Gasteiger partial charge on any atom is -0.376 e. The van der Waals surface area contributed by atoms with Crippen LogP contribution >= 0.6 is 0 Å². The average molecular weight is 335 g/mol. The molecule has 0 bridgehead atoms. The number of aliphatic imine (C=N–C) groups is 1. The second kappa shape index (κ2) is 7.53. The molecule has 1 saturated heterocycles. The highest BCUT2D eigenvalue weighted by Crippen LogP contribution is 2.44. The quantitative estimate of drug-likeness (QED) is 0.677. The predicted octanol–water partition coefficient (Wildman–Crippen LogP) is 5.33. The minimum absolute atomic E-state index is 0.0771. The molecule has 2 heteroatoms. The molecule has 0 aliphatic carbocycles. The Kier molecular flexibility index (Phi) is 5.39. The third-order valence-corrected chi connectivity index (χ3v) is 5.26. The molecule has 0 spiro atoms. The molecule has 0 amide bonds. The molecule has 3 rings (SSSR count). The minimum atomic E-state index is -0.0771. The van der Waals surface area contributed by atoms with E-state index in [-0.39, 0.29) is 11.0 Å². The molecule has 0 aromatic heterocycles. The largest absolute Gasteiger partial charge is 0.376 e. The molecule has 1 unspecified atom stereocenters. The number of hydrogen-bond acceptors (Lipinski definition) is 2. The fraction of sp³-hybridized carbons (Fsp3) is 0.435. The predicted molar refractivity (Wildman–Crippen MR) is 106 cm³/mol. The lowest BCUT2D eigenvalue weighted by Crippen LogP contribution is -2.44. The van der Waals surface area contributed by atoms with Crippen LogP contribution in [0.5, 0.6) is 0 Å². The number of ether oxygens (including phenoxy) is 1. The van der Waals surface area contributed by atoms with E-state index >= 15 is 0 Å². The first-order valence-corrected chi connectivity index (χ1v) is 9.25. The smallest absolute Gasteiger partial charge is 0.0635 e. The number of hydrogen-bond donors (Lipinski definition) is 0. The summed E-state index contributed by atoms with van der Waals surface area (Å²) in [6.45, 7) is 8.24. The van der Waals surface area contributed by atoms with Gasteiger partial charge in [-0.15, -0.1) is 0 Å². The van der Waals surface area contributed by atoms with Gasteiger partial charge in [0.2, 0.25) is 0 Å². The van der Waals surface area contributed by atoms with Gasteiger partial charge in [0.05, 0.1) is 5.60 Å². The van der Waals surface area contributed by atoms with Crippen LogP contribution in [0, 0.1) is 6.92 Å². The van der Waals surface area contributed by atoms with E-state index in [9.17, 15) is 0 Å². The van der Waals surface area contributed by atoms with Gasteiger partial charge in [-0.1, -0.05) is 60.2 Å². The van der Waals surface area contributed by atoms with Gasteiger partial charge in [-0.05, 0) is 51.2 Å². The maximum atomic E-state index is 6.00. The SMILES string of the molecule is Cc1ccc(C2(CCN=Cc3ccccc3)CCOC(C)(C)C2)cc1. The summed E-state index contributed by atoms with van der Waals surface area (Å²) >= 11 is 0. The van der Waals surface area contributed by atoms with Gasteiger partial charge in [-0.25, -0.2) is 0 Å². The van der Waals surface area contributed by atoms with E-state index in [4.69, 9.17) is 9.73 Å². The Balaban J connectivity index is 1.77. The van der Waals surface area contributed by atoms with Gasteiger partial charge in [-0.3, -0.25) is 4.99 Å². The van der Waals surface area contributed by atoms with Gasteiger partial charge < -0.3 is 4.74 Å². The van der Waals surface area contributed by atoms with Crippen molar-refractivity contribution < 1.29 is 4.74 Å². The molecule has 2 aromatic carbocycles. The lowest BCUT2D eigenvalue weighted by molar-refractivity contribution is -0.0836. The maximum absolute atomic E-state index is 6.00. The first-order valence-electron chi connectivity index (χ1n) is 9.25. The zero-order valence-corrected chi connectivity index (χ0v) is 15.7. The Morgan fingerprint density at radius 1 is 1.04 bits per heavy atom. The molecule has 25 heavy (non-hydrogen) atoms. The lowest BCUT2D eigenvalue weighted by Gasteiger charge is -2.45. The summed E-state index contributed by atoms with van der Waals surface area (Å²) in [7, 11) is 0. The summed E-state index contributed by atoms with van der Waals surface area (Å²) in [5.74, 6) is 0. The summed E-state index contributed by atoms with van der Waals surface area (Å²) in [5.41, 5.74) is 3.99. The van der Waals surface area contributed by atoms with E-state index in [0.717, 1.165) is 32.4 Å². The van der Waals surface area contributed by atoms with Gasteiger partial charge in [0.15, 0.2) is 0 Å². The fourth-order valence-corrected chi connectivity index (χ4v) is 3.98. The summed E-state index contributed by atoms with van der Waals surface area (Å²) in [6, 6.07) is 19.4. The van der Waals surface area contributed by atoms with E-state index in [1.54, 1.807) is 0 Å². The molecule has 1 heterocycles. The third kappa shape index (κ3) is 4.58. The summed E-state index contributed by atoms with van der Waals surface area (Å²) in [4.78, 5) is 4.71. The average Bonchev–Trinajstić information content (AvgIpc) is 2.59. The fourth-order valence-electron chi connectivity index (χ4n) is 3.98. The van der Waals surface area contributed by atoms with Crippen molar-refractivity contribution in [2.75, 3.05) is 13.2 Å². The molecular formula is C23H29NO. The molecule has 0 N–H and O–H groups in total. The number of aryl methyl sites for hydroxylation is 1. The van der Waals surface area contributed by atoms with Crippen molar-refractivity contribution in [2.45, 2.75) is 51.0 Å². The van der Waals surface area contributed by atoms with Crippen LogP contribution in [-0.4, -0.2) is 25.0 Å². The van der Waals surface area contributed by atoms with Gasteiger partial charge in [-0.2, -0.15) is 0 Å². The van der Waals surface area contributed by atoms with Crippen molar-refractivity contribution in [2.24, 2.45) is 4.99 Å². The Labute approximate surface area is 152 Å². The zero-order valence-electron chi connectivity index (χ0n) is 15.7. The molecule has 0 radical (unpaired) electrons. The molecule has 132 valence electrons. The van der Waals surface area contributed by atoms with E-state index in [1.165, 1.54) is 16.7 Å². The second-order valence-corrected chi connectivity index (χ2v) is 7.88. The second-order valence-electron chi connectivity index (χ2n) is 7.88. The van der Waals surface area contributed by atoms with Crippen LogP contribution in [-0.2, 0) is 10.2 Å². The summed E-state index contributed by atoms with van der Waals surface area (Å²) < 4.78 is 6.00. The molecule has 2 nitrogen and oxygen atoms in total. The van der Waals surface area contributed by atoms with Crippen molar-refractivity contribution in [1.29, 1.82) is 0 Å². The highest BCUT2D eigenvalue weighted by Gasteiger charge is 2.41. The van der Waals surface area contributed by atoms with Gasteiger partial charge >= 0.3 is 0 Å². The Bertz CT molecular complexity index is 703. The monoisotopic (exact) mass is 335 g/mol. The van der Waals surface area contributed by atoms with Gasteiger partial charge in [0, 0.05) is 24.8 Å². The number of nitrogens with zero attached hydrogens (tertiary/aromatic N) is 1. The molecule has 1 atom stereocenters. The van der Waals surface area contributed by atoms with Crippen molar-refractivity contribution in [3.63, 3.8) is 0 Å². The Morgan fingerprint density at radius 3 is 2.44 bits per heavy atom. The van der Waals surface area contributed by atoms with E-state index in [0.29, 0.717) is 0 Å². The van der Waals surface area contributed by atoms with Crippen molar-refractivity contribution in [3.8, 4) is 0 Å². The Hall–Kier alpha value is -1.93. The molecule has 1 aliphatic heterocycles. The van der Waals surface area contributed by atoms with E-state index in [1.807, 2.05) is 12.3 Å². The standard InChI is InChI=1S/C23H29NO/c1-19-9-11-21(12-10-19)23(14-16-25-22(2,3)18-23)13-15-24-17-20-7-5-4-6-8-20/h4-12,17H,13-16,18H2,1-3H3. The van der Waals surface area contributed by atoms with Crippen LogP contribution in [0.1, 0.15) is 49.8 Å². The molecular weight excluding hydrogens is 306 g/mol. The maximum Gasteiger partial charge on any atom is 0.0635 e. The zero-order chi connectivity index (χ0) is 17.8. The van der Waals surface area contributed by atoms with Crippen LogP contribution in [0.3, 0.4) is 0 Å². The molecule has 1 fully saturated rings. The summed E-state index contributed by atoms with van der Waals surface area (Å²) in [6.07, 6.45) is 5.17. The van der Waals surface area contributed by atoms with Crippen LogP contribution in [0.2, 0.25) is 0 Å². The van der Waals surface area contributed by atoms with E-state index < -0.39 is 0 Å². The number of rotatable bonds is 5. The van der Waals surface area contributed by atoms with Crippen LogP contribution in [0.15, 0.2) is 59.6 Å². The van der Waals surface area contributed by atoms with Gasteiger partial charge in [0.1, 0.15) is 0 Å². The topological polar surface area (TPSA) is 21.6 Å². The summed E-state index contributed by atoms with van der Waals surface area (Å²) in [5, 5.41) is 0. The highest BCUT2D eigenvalue weighted by atomic mass is 16.5. The first-order chi connectivity index (χ1) is 12.0. The van der Waals surface area contributed by atoms with E-state index in [2.05, 4.69) is 69.3 Å². The van der Waals surface area contributed by atoms with Gasteiger partial charge in [0.25, 0.3) is 0 Å². The van der Waals surface area contributed by atoms with Crippen LogP contribution in [0.4, 0.5) is 0 Å². The highest BCUT2D eigenvalue weighted by molar-refractivity contribution is 5.79. The lowest BCUT2D eigenvalue weighted by atomic mass is 9.67. The first kappa shape index (κ1) is 17.9. The van der Waals surface area contributed by atoms with Crippen molar-refractivity contribution in [1.82, 2.24) is 0 Å². The molecule has 1 aliphatic rings. The van der Waals surface area contributed by atoms with Crippen LogP contribution in [0.25, 0.3) is 0 Å².